The maximum Gasteiger partial charge on any atom is 0.133 e. The molecule has 0 aliphatic heterocycles. The first kappa shape index (κ1) is 9.49. The summed E-state index contributed by atoms with van der Waals surface area (Å²) in [6.45, 7) is 3.96. The van der Waals surface area contributed by atoms with Gasteiger partial charge in [0.1, 0.15) is 5.15 Å². The highest BCUT2D eigenvalue weighted by molar-refractivity contribution is 6.30. The number of halogens is 1. The number of aromatic nitrogens is 1. The van der Waals surface area contributed by atoms with Crippen molar-refractivity contribution in [1.82, 2.24) is 10.3 Å². The molecule has 0 spiro atoms. The fourth-order valence-corrected chi connectivity index (χ4v) is 1.14. The van der Waals surface area contributed by atoms with Gasteiger partial charge in [0.05, 0.1) is 0 Å². The Balaban J connectivity index is 2.46. The summed E-state index contributed by atoms with van der Waals surface area (Å²) in [5, 5.41) is 3.87. The maximum atomic E-state index is 5.85. The minimum absolute atomic E-state index is 0.598. The normalized spacial score (nSPS) is 10.2. The summed E-state index contributed by atoms with van der Waals surface area (Å²) >= 11 is 5.85. The van der Waals surface area contributed by atoms with Gasteiger partial charge in [0.15, 0.2) is 0 Å². The van der Waals surface area contributed by atoms with E-state index < -0.39 is 0 Å². The molecule has 1 heterocycles. The molecule has 0 atom stereocenters. The predicted octanol–water partition coefficient (Wildman–Crippen LogP) is 2.23. The van der Waals surface area contributed by atoms with Crippen molar-refractivity contribution in [3.63, 3.8) is 0 Å². The molecule has 0 saturated heterocycles. The molecule has 0 amide bonds. The molecule has 1 rings (SSSR count). The van der Waals surface area contributed by atoms with E-state index in [-0.39, 0.29) is 0 Å². The van der Waals surface area contributed by atoms with Crippen molar-refractivity contribution in [3.8, 4) is 0 Å². The fraction of sp³-hybridized carbons (Fsp3) is 0.444. The second kappa shape index (κ2) is 5.12. The second-order valence-electron chi connectivity index (χ2n) is 2.63. The standard InChI is InChI=1S/C9H13ClN2/c1-2-5-11-7-8-4-3-6-12-9(8)10/h3-4,6,11H,2,5,7H2,1H3. The van der Waals surface area contributed by atoms with Crippen molar-refractivity contribution in [1.29, 1.82) is 0 Å². The highest BCUT2D eigenvalue weighted by Gasteiger charge is 1.97. The second-order valence-corrected chi connectivity index (χ2v) is 2.99. The molecule has 0 aliphatic rings. The third kappa shape index (κ3) is 2.80. The lowest BCUT2D eigenvalue weighted by Gasteiger charge is -2.03. The quantitative estimate of drug-likeness (QED) is 0.574. The first-order valence-electron chi connectivity index (χ1n) is 4.14. The lowest BCUT2D eigenvalue weighted by atomic mass is 10.3. The van der Waals surface area contributed by atoms with Crippen LogP contribution in [0.3, 0.4) is 0 Å². The van der Waals surface area contributed by atoms with Crippen LogP contribution in [0.4, 0.5) is 0 Å². The van der Waals surface area contributed by atoms with Crippen molar-refractivity contribution < 1.29 is 0 Å². The van der Waals surface area contributed by atoms with E-state index >= 15 is 0 Å². The van der Waals surface area contributed by atoms with Gasteiger partial charge >= 0.3 is 0 Å². The molecule has 0 radical (unpaired) electrons. The van der Waals surface area contributed by atoms with Gasteiger partial charge in [-0.25, -0.2) is 4.98 Å². The molecule has 0 saturated carbocycles. The Labute approximate surface area is 78.0 Å². The van der Waals surface area contributed by atoms with Gasteiger partial charge in [-0.05, 0) is 19.0 Å². The lowest BCUT2D eigenvalue weighted by Crippen LogP contribution is -2.14. The molecule has 0 aromatic carbocycles. The minimum Gasteiger partial charge on any atom is -0.313 e. The van der Waals surface area contributed by atoms with Gasteiger partial charge in [-0.3, -0.25) is 0 Å². The highest BCUT2D eigenvalue weighted by Crippen LogP contribution is 2.10. The van der Waals surface area contributed by atoms with Crippen LogP contribution in [-0.2, 0) is 6.54 Å². The van der Waals surface area contributed by atoms with E-state index in [1.165, 1.54) is 0 Å². The summed E-state index contributed by atoms with van der Waals surface area (Å²) in [6, 6.07) is 3.88. The lowest BCUT2D eigenvalue weighted by molar-refractivity contribution is 0.674. The number of nitrogens with one attached hydrogen (secondary N) is 1. The Morgan fingerprint density at radius 3 is 3.08 bits per heavy atom. The summed E-state index contributed by atoms with van der Waals surface area (Å²) in [5.41, 5.74) is 1.06. The van der Waals surface area contributed by atoms with Gasteiger partial charge in [-0.2, -0.15) is 0 Å². The van der Waals surface area contributed by atoms with Crippen molar-refractivity contribution >= 4 is 11.6 Å². The third-order valence-corrected chi connectivity index (χ3v) is 1.92. The summed E-state index contributed by atoms with van der Waals surface area (Å²) in [7, 11) is 0. The molecule has 0 aliphatic carbocycles. The van der Waals surface area contributed by atoms with Crippen LogP contribution in [0.1, 0.15) is 18.9 Å². The van der Waals surface area contributed by atoms with Crippen LogP contribution in [-0.4, -0.2) is 11.5 Å². The molecule has 3 heteroatoms. The molecule has 2 nitrogen and oxygen atoms in total. The predicted molar refractivity (Wildman–Crippen MR) is 51.2 cm³/mol. The van der Waals surface area contributed by atoms with Crippen LogP contribution >= 0.6 is 11.6 Å². The van der Waals surface area contributed by atoms with Crippen LogP contribution in [0, 0.1) is 0 Å². The first-order chi connectivity index (χ1) is 5.84. The Bertz CT molecular complexity index is 238. The largest absolute Gasteiger partial charge is 0.313 e. The van der Waals surface area contributed by atoms with E-state index in [0.29, 0.717) is 5.15 Å². The summed E-state index contributed by atoms with van der Waals surface area (Å²) < 4.78 is 0. The molecule has 1 aromatic rings. The van der Waals surface area contributed by atoms with Crippen molar-refractivity contribution in [2.24, 2.45) is 0 Å². The number of pyridine rings is 1. The zero-order valence-corrected chi connectivity index (χ0v) is 7.93. The van der Waals surface area contributed by atoms with Gasteiger partial charge in [0, 0.05) is 18.3 Å². The van der Waals surface area contributed by atoms with Crippen LogP contribution in [0.15, 0.2) is 18.3 Å². The average molecular weight is 185 g/mol. The minimum atomic E-state index is 0.598. The third-order valence-electron chi connectivity index (χ3n) is 1.58. The molecule has 12 heavy (non-hydrogen) atoms. The molecule has 0 unspecified atom stereocenters. The molecule has 0 bridgehead atoms. The van der Waals surface area contributed by atoms with Gasteiger partial charge in [-0.15, -0.1) is 0 Å². The smallest absolute Gasteiger partial charge is 0.133 e. The molecule has 0 fully saturated rings. The van der Waals surface area contributed by atoms with Crippen LogP contribution < -0.4 is 5.32 Å². The van der Waals surface area contributed by atoms with Crippen LogP contribution in [0.5, 0.6) is 0 Å². The monoisotopic (exact) mass is 184 g/mol. The summed E-state index contributed by atoms with van der Waals surface area (Å²) in [4.78, 5) is 3.98. The molecule has 66 valence electrons. The molecular weight excluding hydrogens is 172 g/mol. The van der Waals surface area contributed by atoms with Gasteiger partial charge < -0.3 is 5.32 Å². The first-order valence-corrected chi connectivity index (χ1v) is 4.52. The Hall–Kier alpha value is -0.600. The van der Waals surface area contributed by atoms with E-state index in [9.17, 15) is 0 Å². The average Bonchev–Trinajstić information content (AvgIpc) is 2.09. The summed E-state index contributed by atoms with van der Waals surface area (Å²) in [6.07, 6.45) is 2.84. The zero-order chi connectivity index (χ0) is 8.81. The van der Waals surface area contributed by atoms with Crippen molar-refractivity contribution in [2.45, 2.75) is 19.9 Å². The number of nitrogens with zero attached hydrogens (tertiary/aromatic N) is 1. The van der Waals surface area contributed by atoms with Crippen LogP contribution in [0.2, 0.25) is 5.15 Å². The number of hydrogen-bond acceptors (Lipinski definition) is 2. The van der Waals surface area contributed by atoms with Gasteiger partial charge in [0.2, 0.25) is 0 Å². The Morgan fingerprint density at radius 1 is 1.58 bits per heavy atom. The van der Waals surface area contributed by atoms with Crippen molar-refractivity contribution in [3.05, 3.63) is 29.0 Å². The molecule has 1 aromatic heterocycles. The Morgan fingerprint density at radius 2 is 2.42 bits per heavy atom. The van der Waals surface area contributed by atoms with E-state index in [1.807, 2.05) is 12.1 Å². The molecular formula is C9H13ClN2. The number of hydrogen-bond donors (Lipinski definition) is 1. The fourth-order valence-electron chi connectivity index (χ4n) is 0.951. The van der Waals surface area contributed by atoms with Crippen molar-refractivity contribution in [2.75, 3.05) is 6.54 Å². The van der Waals surface area contributed by atoms with Crippen LogP contribution in [0.25, 0.3) is 0 Å². The SMILES string of the molecule is CCCNCc1cccnc1Cl. The highest BCUT2D eigenvalue weighted by atomic mass is 35.5. The number of rotatable bonds is 4. The molecule has 1 N–H and O–H groups in total. The van der Waals surface area contributed by atoms with Gasteiger partial charge in [-0.1, -0.05) is 24.6 Å². The zero-order valence-electron chi connectivity index (χ0n) is 7.18. The van der Waals surface area contributed by atoms with E-state index in [1.54, 1.807) is 6.20 Å². The Kier molecular flexibility index (Phi) is 4.05. The topological polar surface area (TPSA) is 24.9 Å². The van der Waals surface area contributed by atoms with Gasteiger partial charge in [0.25, 0.3) is 0 Å². The van der Waals surface area contributed by atoms with E-state index in [4.69, 9.17) is 11.6 Å². The maximum absolute atomic E-state index is 5.85. The van der Waals surface area contributed by atoms with E-state index in [0.717, 1.165) is 25.1 Å². The summed E-state index contributed by atoms with van der Waals surface area (Å²) in [5.74, 6) is 0. The van der Waals surface area contributed by atoms with E-state index in [2.05, 4.69) is 17.2 Å².